The minimum atomic E-state index is 0.607. The van der Waals surface area contributed by atoms with Crippen LogP contribution in [0.3, 0.4) is 0 Å². The first-order chi connectivity index (χ1) is 9.67. The summed E-state index contributed by atoms with van der Waals surface area (Å²) in [5.74, 6) is 2.26. The monoisotopic (exact) mass is 287 g/mol. The Kier molecular flexibility index (Phi) is 3.62. The Morgan fingerprint density at radius 1 is 1.25 bits per heavy atom. The minimum absolute atomic E-state index is 0.607. The van der Waals surface area contributed by atoms with Crippen molar-refractivity contribution in [1.29, 1.82) is 0 Å². The Morgan fingerprint density at radius 3 is 2.70 bits per heavy atom. The Hall–Kier alpha value is -1.61. The van der Waals surface area contributed by atoms with Crippen LogP contribution in [0.2, 0.25) is 5.02 Å². The highest BCUT2D eigenvalue weighted by Crippen LogP contribution is 2.40. The van der Waals surface area contributed by atoms with E-state index in [9.17, 15) is 0 Å². The molecule has 1 aliphatic carbocycles. The fourth-order valence-corrected chi connectivity index (χ4v) is 2.37. The molecule has 1 heterocycles. The molecular formula is C16H18ClN3. The first-order valence-corrected chi connectivity index (χ1v) is 7.44. The van der Waals surface area contributed by atoms with E-state index < -0.39 is 0 Å². The molecule has 0 unspecified atom stereocenters. The summed E-state index contributed by atoms with van der Waals surface area (Å²) in [6, 6.07) is 8.06. The van der Waals surface area contributed by atoms with Gasteiger partial charge in [-0.15, -0.1) is 0 Å². The summed E-state index contributed by atoms with van der Waals surface area (Å²) >= 11 is 6.21. The minimum Gasteiger partial charge on any atom is -0.370 e. The molecule has 0 amide bonds. The third kappa shape index (κ3) is 2.78. The molecule has 1 saturated carbocycles. The molecule has 3 nitrogen and oxygen atoms in total. The van der Waals surface area contributed by atoms with E-state index in [1.807, 2.05) is 25.1 Å². The van der Waals surface area contributed by atoms with Gasteiger partial charge in [0.05, 0.1) is 0 Å². The molecule has 0 radical (unpaired) electrons. The number of nitrogens with one attached hydrogen (secondary N) is 1. The topological polar surface area (TPSA) is 37.8 Å². The highest BCUT2D eigenvalue weighted by Gasteiger charge is 2.26. The SMILES string of the molecule is CCNc1cc(C2CC2)nc(-c2ccc(C)c(Cl)c2)n1. The van der Waals surface area contributed by atoms with Crippen molar-refractivity contribution in [3.8, 4) is 11.4 Å². The van der Waals surface area contributed by atoms with Crippen LogP contribution in [-0.4, -0.2) is 16.5 Å². The lowest BCUT2D eigenvalue weighted by Crippen LogP contribution is -2.03. The molecule has 1 aliphatic rings. The van der Waals surface area contributed by atoms with Gasteiger partial charge in [-0.2, -0.15) is 0 Å². The summed E-state index contributed by atoms with van der Waals surface area (Å²) in [6.45, 7) is 4.92. The van der Waals surface area contributed by atoms with Gasteiger partial charge in [-0.05, 0) is 38.3 Å². The molecule has 1 N–H and O–H groups in total. The number of hydrogen-bond donors (Lipinski definition) is 1. The van der Waals surface area contributed by atoms with Crippen molar-refractivity contribution in [2.24, 2.45) is 0 Å². The van der Waals surface area contributed by atoms with Crippen LogP contribution in [0.15, 0.2) is 24.3 Å². The lowest BCUT2D eigenvalue weighted by Gasteiger charge is -2.09. The lowest BCUT2D eigenvalue weighted by molar-refractivity contribution is 0.988. The zero-order valence-electron chi connectivity index (χ0n) is 11.8. The molecular weight excluding hydrogens is 270 g/mol. The number of benzene rings is 1. The normalized spacial score (nSPS) is 14.3. The molecule has 1 aromatic carbocycles. The van der Waals surface area contributed by atoms with E-state index in [2.05, 4.69) is 23.3 Å². The van der Waals surface area contributed by atoms with Gasteiger partial charge in [-0.25, -0.2) is 9.97 Å². The molecule has 4 heteroatoms. The summed E-state index contributed by atoms with van der Waals surface area (Å²) in [4.78, 5) is 9.30. The van der Waals surface area contributed by atoms with Crippen LogP contribution in [-0.2, 0) is 0 Å². The van der Waals surface area contributed by atoms with Crippen LogP contribution in [0, 0.1) is 6.92 Å². The third-order valence-electron chi connectivity index (χ3n) is 3.53. The summed E-state index contributed by atoms with van der Waals surface area (Å²) in [7, 11) is 0. The van der Waals surface area contributed by atoms with Gasteiger partial charge >= 0.3 is 0 Å². The third-order valence-corrected chi connectivity index (χ3v) is 3.94. The molecule has 0 atom stereocenters. The van der Waals surface area contributed by atoms with Crippen LogP contribution in [0.5, 0.6) is 0 Å². The van der Waals surface area contributed by atoms with Crippen LogP contribution in [0.25, 0.3) is 11.4 Å². The van der Waals surface area contributed by atoms with Gasteiger partial charge in [-0.1, -0.05) is 23.7 Å². The predicted molar refractivity (Wildman–Crippen MR) is 83.4 cm³/mol. The van der Waals surface area contributed by atoms with Gasteiger partial charge < -0.3 is 5.32 Å². The number of hydrogen-bond acceptors (Lipinski definition) is 3. The van der Waals surface area contributed by atoms with E-state index in [0.29, 0.717) is 5.92 Å². The average Bonchev–Trinajstić information content (AvgIpc) is 3.26. The fraction of sp³-hybridized carbons (Fsp3) is 0.375. The van der Waals surface area contributed by atoms with Crippen molar-refractivity contribution >= 4 is 17.4 Å². The van der Waals surface area contributed by atoms with Crippen molar-refractivity contribution in [3.05, 3.63) is 40.5 Å². The summed E-state index contributed by atoms with van der Waals surface area (Å²) in [6.07, 6.45) is 2.47. The molecule has 0 bridgehead atoms. The first kappa shape index (κ1) is 13.4. The van der Waals surface area contributed by atoms with Crippen LogP contribution in [0.1, 0.15) is 36.9 Å². The lowest BCUT2D eigenvalue weighted by atomic mass is 10.1. The largest absolute Gasteiger partial charge is 0.370 e. The predicted octanol–water partition coefficient (Wildman–Crippen LogP) is 4.41. The van der Waals surface area contributed by atoms with Gasteiger partial charge in [0.15, 0.2) is 5.82 Å². The second-order valence-corrected chi connectivity index (χ2v) is 5.68. The van der Waals surface area contributed by atoms with E-state index in [1.54, 1.807) is 0 Å². The maximum Gasteiger partial charge on any atom is 0.161 e. The molecule has 104 valence electrons. The number of halogens is 1. The quantitative estimate of drug-likeness (QED) is 0.905. The second kappa shape index (κ2) is 5.41. The van der Waals surface area contributed by atoms with E-state index in [4.69, 9.17) is 16.6 Å². The van der Waals surface area contributed by atoms with Gasteiger partial charge in [0.25, 0.3) is 0 Å². The molecule has 2 aromatic rings. The van der Waals surface area contributed by atoms with E-state index >= 15 is 0 Å². The Labute approximate surface area is 124 Å². The van der Waals surface area contributed by atoms with Crippen molar-refractivity contribution in [3.63, 3.8) is 0 Å². The molecule has 0 aliphatic heterocycles. The number of aromatic nitrogens is 2. The highest BCUT2D eigenvalue weighted by molar-refractivity contribution is 6.31. The van der Waals surface area contributed by atoms with E-state index in [-0.39, 0.29) is 0 Å². The van der Waals surface area contributed by atoms with E-state index in [1.165, 1.54) is 12.8 Å². The van der Waals surface area contributed by atoms with Crippen molar-refractivity contribution in [2.75, 3.05) is 11.9 Å². The zero-order valence-corrected chi connectivity index (χ0v) is 12.5. The Morgan fingerprint density at radius 2 is 2.05 bits per heavy atom. The molecule has 0 saturated heterocycles. The zero-order chi connectivity index (χ0) is 14.1. The molecule has 0 spiro atoms. The number of anilines is 1. The van der Waals surface area contributed by atoms with Crippen molar-refractivity contribution in [2.45, 2.75) is 32.6 Å². The second-order valence-electron chi connectivity index (χ2n) is 5.27. The Balaban J connectivity index is 2.04. The maximum absolute atomic E-state index is 6.21. The summed E-state index contributed by atoms with van der Waals surface area (Å²) in [5, 5.41) is 4.04. The van der Waals surface area contributed by atoms with E-state index in [0.717, 1.165) is 40.0 Å². The van der Waals surface area contributed by atoms with Crippen molar-refractivity contribution in [1.82, 2.24) is 9.97 Å². The van der Waals surface area contributed by atoms with Gasteiger partial charge in [0.2, 0.25) is 0 Å². The summed E-state index contributed by atoms with van der Waals surface area (Å²) < 4.78 is 0. The van der Waals surface area contributed by atoms with Crippen LogP contribution >= 0.6 is 11.6 Å². The number of nitrogens with zero attached hydrogens (tertiary/aromatic N) is 2. The smallest absolute Gasteiger partial charge is 0.161 e. The fourth-order valence-electron chi connectivity index (χ4n) is 2.19. The van der Waals surface area contributed by atoms with Crippen LogP contribution < -0.4 is 5.32 Å². The van der Waals surface area contributed by atoms with Gasteiger partial charge in [0, 0.05) is 34.8 Å². The van der Waals surface area contributed by atoms with Crippen LogP contribution in [0.4, 0.5) is 5.82 Å². The van der Waals surface area contributed by atoms with Gasteiger partial charge in [-0.3, -0.25) is 0 Å². The van der Waals surface area contributed by atoms with Gasteiger partial charge in [0.1, 0.15) is 5.82 Å². The molecule has 20 heavy (non-hydrogen) atoms. The standard InChI is InChI=1S/C16H18ClN3/c1-3-18-15-9-14(11-6-7-11)19-16(20-15)12-5-4-10(2)13(17)8-12/h4-5,8-9,11H,3,6-7H2,1-2H3,(H,18,19,20). The Bertz CT molecular complexity index is 636. The maximum atomic E-state index is 6.21. The number of aryl methyl sites for hydroxylation is 1. The summed E-state index contributed by atoms with van der Waals surface area (Å²) in [5.41, 5.74) is 3.19. The molecule has 1 aromatic heterocycles. The van der Waals surface area contributed by atoms with Crippen molar-refractivity contribution < 1.29 is 0 Å². The first-order valence-electron chi connectivity index (χ1n) is 7.06. The molecule has 3 rings (SSSR count). The molecule has 1 fully saturated rings. The average molecular weight is 288 g/mol. The number of rotatable bonds is 4. The highest BCUT2D eigenvalue weighted by atomic mass is 35.5.